The highest BCUT2D eigenvalue weighted by Gasteiger charge is 2.21. The van der Waals surface area contributed by atoms with Crippen LogP contribution in [-0.4, -0.2) is 21.7 Å². The fourth-order valence-electron chi connectivity index (χ4n) is 1.92. The van der Waals surface area contributed by atoms with Crippen LogP contribution >= 0.6 is 0 Å². The van der Waals surface area contributed by atoms with E-state index in [1.807, 2.05) is 12.1 Å². The van der Waals surface area contributed by atoms with Crippen LogP contribution in [0.3, 0.4) is 0 Å². The molecule has 5 heteroatoms. The fraction of sp³-hybridized carbons (Fsp3) is 0.417. The van der Waals surface area contributed by atoms with E-state index in [0.29, 0.717) is 11.7 Å². The average molecular weight is 231 g/mol. The second-order valence-electron chi connectivity index (χ2n) is 4.05. The molecule has 1 fully saturated rings. The largest absolute Gasteiger partial charge is 0.370 e. The fourth-order valence-corrected chi connectivity index (χ4v) is 1.92. The number of hydrogen-bond acceptors (Lipinski definition) is 5. The minimum atomic E-state index is -0.0158. The van der Waals surface area contributed by atoms with Crippen LogP contribution in [0.5, 0.6) is 0 Å². The van der Waals surface area contributed by atoms with Gasteiger partial charge in [-0.2, -0.15) is 4.98 Å². The zero-order chi connectivity index (χ0) is 11.5. The summed E-state index contributed by atoms with van der Waals surface area (Å²) < 4.78 is 10.8. The molecule has 3 heterocycles. The number of pyridine rings is 1. The van der Waals surface area contributed by atoms with E-state index in [4.69, 9.17) is 9.26 Å². The van der Waals surface area contributed by atoms with Crippen molar-refractivity contribution in [1.29, 1.82) is 0 Å². The molecule has 0 aliphatic carbocycles. The summed E-state index contributed by atoms with van der Waals surface area (Å²) in [5.41, 5.74) is 0.835. The van der Waals surface area contributed by atoms with Gasteiger partial charge in [-0.05, 0) is 31.4 Å². The summed E-state index contributed by atoms with van der Waals surface area (Å²) in [4.78, 5) is 8.39. The molecule has 2 aromatic heterocycles. The third kappa shape index (κ3) is 2.19. The maximum absolute atomic E-state index is 5.61. The Balaban J connectivity index is 1.83. The first kappa shape index (κ1) is 10.4. The Morgan fingerprint density at radius 2 is 2.29 bits per heavy atom. The van der Waals surface area contributed by atoms with Gasteiger partial charge in [-0.25, -0.2) is 0 Å². The summed E-state index contributed by atoms with van der Waals surface area (Å²) in [6.45, 7) is 0.779. The van der Waals surface area contributed by atoms with Gasteiger partial charge in [-0.3, -0.25) is 4.98 Å². The summed E-state index contributed by atoms with van der Waals surface area (Å²) in [7, 11) is 0. The Labute approximate surface area is 98.8 Å². The number of aromatic nitrogens is 3. The molecule has 1 saturated heterocycles. The molecule has 1 aliphatic rings. The number of rotatable bonds is 2. The molecule has 88 valence electrons. The van der Waals surface area contributed by atoms with E-state index in [0.717, 1.165) is 31.4 Å². The van der Waals surface area contributed by atoms with Crippen molar-refractivity contribution in [2.24, 2.45) is 0 Å². The molecule has 0 unspecified atom stereocenters. The van der Waals surface area contributed by atoms with Crippen LogP contribution in [0.4, 0.5) is 0 Å². The van der Waals surface area contributed by atoms with E-state index in [9.17, 15) is 0 Å². The Bertz CT molecular complexity index is 478. The second kappa shape index (κ2) is 4.63. The van der Waals surface area contributed by atoms with Crippen molar-refractivity contribution in [2.45, 2.75) is 25.4 Å². The topological polar surface area (TPSA) is 61.0 Å². The Morgan fingerprint density at radius 1 is 1.29 bits per heavy atom. The van der Waals surface area contributed by atoms with Gasteiger partial charge in [0.2, 0.25) is 5.82 Å². The molecule has 3 rings (SSSR count). The lowest BCUT2D eigenvalue weighted by Gasteiger charge is -2.18. The summed E-state index contributed by atoms with van der Waals surface area (Å²) >= 11 is 0. The summed E-state index contributed by atoms with van der Waals surface area (Å²) in [5, 5.41) is 3.98. The summed E-state index contributed by atoms with van der Waals surface area (Å²) in [6, 6.07) is 3.74. The van der Waals surface area contributed by atoms with E-state index >= 15 is 0 Å². The van der Waals surface area contributed by atoms with E-state index in [1.54, 1.807) is 12.4 Å². The first-order valence-corrected chi connectivity index (χ1v) is 5.79. The van der Waals surface area contributed by atoms with Gasteiger partial charge in [-0.15, -0.1) is 0 Å². The highest BCUT2D eigenvalue weighted by Crippen LogP contribution is 2.27. The summed E-state index contributed by atoms with van der Waals surface area (Å²) in [5.74, 6) is 1.14. The lowest BCUT2D eigenvalue weighted by molar-refractivity contribution is 0.00822. The van der Waals surface area contributed by atoms with Gasteiger partial charge in [-0.1, -0.05) is 5.16 Å². The first-order valence-electron chi connectivity index (χ1n) is 5.79. The van der Waals surface area contributed by atoms with Crippen molar-refractivity contribution in [2.75, 3.05) is 6.61 Å². The predicted octanol–water partition coefficient (Wildman–Crippen LogP) is 2.37. The zero-order valence-electron chi connectivity index (χ0n) is 9.37. The van der Waals surface area contributed by atoms with E-state index < -0.39 is 0 Å². The quantitative estimate of drug-likeness (QED) is 0.794. The standard InChI is InChI=1S/C12H13N3O2/c1-2-7-16-10(5-1)11-14-12(17-15-11)9-4-3-6-13-8-9/h3-4,6,8,10H,1-2,5,7H2/t10-/m0/s1. The van der Waals surface area contributed by atoms with Crippen molar-refractivity contribution < 1.29 is 9.26 Å². The molecule has 1 aliphatic heterocycles. The van der Waals surface area contributed by atoms with Crippen LogP contribution in [0.25, 0.3) is 11.5 Å². The van der Waals surface area contributed by atoms with Gasteiger partial charge in [0.15, 0.2) is 0 Å². The Hall–Kier alpha value is -1.75. The van der Waals surface area contributed by atoms with E-state index in [1.165, 1.54) is 0 Å². The molecular weight excluding hydrogens is 218 g/mol. The molecule has 0 amide bonds. The molecule has 5 nitrogen and oxygen atoms in total. The molecule has 17 heavy (non-hydrogen) atoms. The SMILES string of the molecule is c1cncc(-c2nc([C@@H]3CCCCO3)no2)c1. The molecule has 1 atom stereocenters. The van der Waals surface area contributed by atoms with Gasteiger partial charge in [0.25, 0.3) is 5.89 Å². The third-order valence-electron chi connectivity index (χ3n) is 2.82. The van der Waals surface area contributed by atoms with E-state index in [-0.39, 0.29) is 6.10 Å². The molecule has 0 bridgehead atoms. The van der Waals surface area contributed by atoms with Gasteiger partial charge in [0.05, 0.1) is 5.56 Å². The Morgan fingerprint density at radius 3 is 3.06 bits per heavy atom. The van der Waals surface area contributed by atoms with Crippen LogP contribution in [0.2, 0.25) is 0 Å². The minimum Gasteiger partial charge on any atom is -0.370 e. The van der Waals surface area contributed by atoms with Gasteiger partial charge in [0.1, 0.15) is 6.10 Å². The van der Waals surface area contributed by atoms with Crippen LogP contribution in [0, 0.1) is 0 Å². The number of ether oxygens (including phenoxy) is 1. The van der Waals surface area contributed by atoms with Gasteiger partial charge < -0.3 is 9.26 Å². The lowest BCUT2D eigenvalue weighted by Crippen LogP contribution is -2.12. The molecule has 0 N–H and O–H groups in total. The van der Waals surface area contributed by atoms with Gasteiger partial charge >= 0.3 is 0 Å². The van der Waals surface area contributed by atoms with Crippen molar-refractivity contribution in [1.82, 2.24) is 15.1 Å². The van der Waals surface area contributed by atoms with Crippen LogP contribution < -0.4 is 0 Å². The third-order valence-corrected chi connectivity index (χ3v) is 2.82. The van der Waals surface area contributed by atoms with Gasteiger partial charge in [0, 0.05) is 19.0 Å². The maximum atomic E-state index is 5.61. The molecule has 0 spiro atoms. The molecule has 2 aromatic rings. The number of nitrogens with zero attached hydrogens (tertiary/aromatic N) is 3. The zero-order valence-corrected chi connectivity index (χ0v) is 9.37. The smallest absolute Gasteiger partial charge is 0.259 e. The van der Waals surface area contributed by atoms with Crippen molar-refractivity contribution in [3.05, 3.63) is 30.4 Å². The van der Waals surface area contributed by atoms with Crippen LogP contribution in [-0.2, 0) is 4.74 Å². The highest BCUT2D eigenvalue weighted by molar-refractivity contribution is 5.50. The molecular formula is C12H13N3O2. The monoisotopic (exact) mass is 231 g/mol. The molecule has 0 saturated carbocycles. The van der Waals surface area contributed by atoms with Crippen molar-refractivity contribution in [3.63, 3.8) is 0 Å². The lowest BCUT2D eigenvalue weighted by atomic mass is 10.1. The Kier molecular flexibility index (Phi) is 2.83. The minimum absolute atomic E-state index is 0.0158. The number of hydrogen-bond donors (Lipinski definition) is 0. The molecule has 0 radical (unpaired) electrons. The predicted molar refractivity (Wildman–Crippen MR) is 60.1 cm³/mol. The second-order valence-corrected chi connectivity index (χ2v) is 4.05. The highest BCUT2D eigenvalue weighted by atomic mass is 16.5. The van der Waals surface area contributed by atoms with Crippen LogP contribution in [0.15, 0.2) is 29.0 Å². The molecule has 0 aromatic carbocycles. The average Bonchev–Trinajstić information content (AvgIpc) is 2.90. The van der Waals surface area contributed by atoms with Crippen molar-refractivity contribution in [3.8, 4) is 11.5 Å². The first-order chi connectivity index (χ1) is 8.43. The van der Waals surface area contributed by atoms with E-state index in [2.05, 4.69) is 15.1 Å². The van der Waals surface area contributed by atoms with Crippen molar-refractivity contribution >= 4 is 0 Å². The normalized spacial score (nSPS) is 20.4. The maximum Gasteiger partial charge on any atom is 0.259 e. The van der Waals surface area contributed by atoms with Crippen LogP contribution in [0.1, 0.15) is 31.2 Å². The summed E-state index contributed by atoms with van der Waals surface area (Å²) in [6.07, 6.45) is 6.64.